The molecule has 144 valence electrons. The van der Waals surface area contributed by atoms with Crippen molar-refractivity contribution in [3.8, 4) is 5.75 Å². The van der Waals surface area contributed by atoms with Gasteiger partial charge < -0.3 is 9.47 Å². The zero-order chi connectivity index (χ0) is 19.7. The fourth-order valence-corrected chi connectivity index (χ4v) is 3.88. The Morgan fingerprint density at radius 3 is 2.39 bits per heavy atom. The fourth-order valence-electron chi connectivity index (χ4n) is 3.88. The summed E-state index contributed by atoms with van der Waals surface area (Å²) in [6.07, 6.45) is 1.17. The minimum Gasteiger partial charge on any atom is -0.494 e. The zero-order valence-corrected chi connectivity index (χ0v) is 16.1. The molecule has 0 aromatic heterocycles. The van der Waals surface area contributed by atoms with Crippen molar-refractivity contribution < 1.29 is 19.1 Å². The number of carbonyl (C=O) groups is 2. The molecule has 0 spiro atoms. The van der Waals surface area contributed by atoms with E-state index in [1.54, 1.807) is 4.90 Å². The van der Waals surface area contributed by atoms with Crippen LogP contribution in [0.1, 0.15) is 37.3 Å². The van der Waals surface area contributed by atoms with Gasteiger partial charge in [-0.25, -0.2) is 4.79 Å². The Morgan fingerprint density at radius 2 is 1.75 bits per heavy atom. The summed E-state index contributed by atoms with van der Waals surface area (Å²) < 4.78 is 10.8. The van der Waals surface area contributed by atoms with E-state index in [-0.39, 0.29) is 30.8 Å². The molecule has 2 aromatic carbocycles. The Hall–Kier alpha value is -3.08. The maximum Gasteiger partial charge on any atom is 0.336 e. The molecule has 0 fully saturated rings. The second-order valence-electron chi connectivity index (χ2n) is 6.94. The molecule has 2 aromatic rings. The number of anilines is 1. The number of hydrogen-bond acceptors (Lipinski definition) is 4. The third-order valence-electron chi connectivity index (χ3n) is 5.31. The molecule has 5 heteroatoms. The Bertz CT molecular complexity index is 928. The molecule has 2 heterocycles. The van der Waals surface area contributed by atoms with Crippen molar-refractivity contribution in [1.82, 2.24) is 0 Å². The largest absolute Gasteiger partial charge is 0.494 e. The predicted octanol–water partition coefficient (Wildman–Crippen LogP) is 3.98. The summed E-state index contributed by atoms with van der Waals surface area (Å²) in [7, 11) is 0. The van der Waals surface area contributed by atoms with Gasteiger partial charge in [0, 0.05) is 18.0 Å². The fraction of sp³-hybridized carbons (Fsp3) is 0.304. The number of hydrogen-bond donors (Lipinski definition) is 0. The van der Waals surface area contributed by atoms with Gasteiger partial charge in [0.1, 0.15) is 12.4 Å². The van der Waals surface area contributed by atoms with Crippen molar-refractivity contribution in [2.45, 2.75) is 32.6 Å². The van der Waals surface area contributed by atoms with Crippen LogP contribution < -0.4 is 9.64 Å². The van der Waals surface area contributed by atoms with Crippen LogP contribution in [0, 0.1) is 0 Å². The third kappa shape index (κ3) is 3.17. The lowest BCUT2D eigenvalue weighted by Gasteiger charge is -2.32. The molecular weight excluding hydrogens is 354 g/mol. The molecule has 2 aliphatic heterocycles. The highest BCUT2D eigenvalue weighted by Gasteiger charge is 2.42. The van der Waals surface area contributed by atoms with E-state index >= 15 is 0 Å². The van der Waals surface area contributed by atoms with E-state index in [0.717, 1.165) is 23.4 Å². The first-order chi connectivity index (χ1) is 13.6. The highest BCUT2D eigenvalue weighted by molar-refractivity contribution is 6.06. The lowest BCUT2D eigenvalue weighted by molar-refractivity contribution is -0.136. The number of cyclic esters (lactones) is 1. The Labute approximate surface area is 164 Å². The smallest absolute Gasteiger partial charge is 0.336 e. The Morgan fingerprint density at radius 1 is 1.04 bits per heavy atom. The summed E-state index contributed by atoms with van der Waals surface area (Å²) in [6.45, 7) is 4.74. The van der Waals surface area contributed by atoms with E-state index in [4.69, 9.17) is 9.47 Å². The average molecular weight is 377 g/mol. The molecule has 0 bridgehead atoms. The molecule has 5 nitrogen and oxygen atoms in total. The molecule has 1 unspecified atom stereocenters. The Kier molecular flexibility index (Phi) is 4.90. The molecule has 28 heavy (non-hydrogen) atoms. The number of aryl methyl sites for hydroxylation is 1. The van der Waals surface area contributed by atoms with Crippen LogP contribution in [-0.4, -0.2) is 25.1 Å². The van der Waals surface area contributed by atoms with Gasteiger partial charge in [0.15, 0.2) is 0 Å². The van der Waals surface area contributed by atoms with Crippen LogP contribution in [0.3, 0.4) is 0 Å². The Balaban J connectivity index is 1.72. The first kappa shape index (κ1) is 18.3. The first-order valence-corrected chi connectivity index (χ1v) is 9.67. The molecule has 1 atom stereocenters. The van der Waals surface area contributed by atoms with E-state index in [2.05, 4.69) is 6.92 Å². The molecule has 1 amide bonds. The molecule has 2 aliphatic rings. The third-order valence-corrected chi connectivity index (χ3v) is 5.31. The normalized spacial score (nSPS) is 18.9. The van der Waals surface area contributed by atoms with Gasteiger partial charge in [0.2, 0.25) is 5.91 Å². The number of benzene rings is 2. The number of amides is 1. The number of rotatable bonds is 5. The quantitative estimate of drug-likeness (QED) is 0.740. The van der Waals surface area contributed by atoms with Gasteiger partial charge in [-0.15, -0.1) is 0 Å². The van der Waals surface area contributed by atoms with Gasteiger partial charge in [-0.2, -0.15) is 0 Å². The van der Waals surface area contributed by atoms with Gasteiger partial charge in [-0.3, -0.25) is 9.69 Å². The highest BCUT2D eigenvalue weighted by Crippen LogP contribution is 2.42. The van der Waals surface area contributed by atoms with Crippen LogP contribution in [0.15, 0.2) is 59.8 Å². The van der Waals surface area contributed by atoms with E-state index in [9.17, 15) is 9.59 Å². The summed E-state index contributed by atoms with van der Waals surface area (Å²) in [6, 6.07) is 15.5. The monoisotopic (exact) mass is 377 g/mol. The molecule has 0 radical (unpaired) electrons. The number of ether oxygens (including phenoxy) is 2. The van der Waals surface area contributed by atoms with Crippen LogP contribution in [0.5, 0.6) is 5.75 Å². The van der Waals surface area contributed by atoms with Gasteiger partial charge in [-0.05, 0) is 48.7 Å². The second kappa shape index (κ2) is 7.50. The van der Waals surface area contributed by atoms with Crippen molar-refractivity contribution in [3.63, 3.8) is 0 Å². The lowest BCUT2D eigenvalue weighted by Crippen LogP contribution is -2.37. The summed E-state index contributed by atoms with van der Waals surface area (Å²) in [5.41, 5.74) is 4.14. The van der Waals surface area contributed by atoms with Gasteiger partial charge >= 0.3 is 5.97 Å². The summed E-state index contributed by atoms with van der Waals surface area (Å²) in [4.78, 5) is 27.2. The van der Waals surface area contributed by atoms with E-state index < -0.39 is 0 Å². The zero-order valence-electron chi connectivity index (χ0n) is 16.1. The SMILES string of the molecule is CCOc1ccc(C2CC(=O)N(c3ccc(CC)cc3)C3=C2C(=O)OC3)cc1. The van der Waals surface area contributed by atoms with Gasteiger partial charge in [0.05, 0.1) is 17.9 Å². The van der Waals surface area contributed by atoms with Crippen molar-refractivity contribution in [3.05, 3.63) is 70.9 Å². The number of esters is 1. The van der Waals surface area contributed by atoms with Crippen molar-refractivity contribution >= 4 is 17.6 Å². The molecule has 0 saturated carbocycles. The standard InChI is InChI=1S/C23H23NO4/c1-3-15-5-9-17(10-6-15)24-20-14-28-23(26)22(20)19(13-21(24)25)16-7-11-18(12-8-16)27-4-2/h5-12,19H,3-4,13-14H2,1-2H3. The first-order valence-electron chi connectivity index (χ1n) is 9.67. The number of nitrogens with zero attached hydrogens (tertiary/aromatic N) is 1. The van der Waals surface area contributed by atoms with Crippen molar-refractivity contribution in [2.24, 2.45) is 0 Å². The topological polar surface area (TPSA) is 55.8 Å². The minimum atomic E-state index is -0.337. The van der Waals surface area contributed by atoms with Crippen molar-refractivity contribution in [1.29, 1.82) is 0 Å². The minimum absolute atomic E-state index is 0.0276. The van der Waals surface area contributed by atoms with Gasteiger partial charge in [0.25, 0.3) is 0 Å². The van der Waals surface area contributed by atoms with Crippen LogP contribution >= 0.6 is 0 Å². The highest BCUT2D eigenvalue weighted by atomic mass is 16.5. The van der Waals surface area contributed by atoms with E-state index in [1.807, 2.05) is 55.5 Å². The van der Waals surface area contributed by atoms with Gasteiger partial charge in [-0.1, -0.05) is 31.2 Å². The molecule has 0 aliphatic carbocycles. The predicted molar refractivity (Wildman–Crippen MR) is 106 cm³/mol. The van der Waals surface area contributed by atoms with Crippen LogP contribution in [0.2, 0.25) is 0 Å². The van der Waals surface area contributed by atoms with E-state index in [0.29, 0.717) is 17.9 Å². The maximum atomic E-state index is 13.1. The van der Waals surface area contributed by atoms with E-state index in [1.165, 1.54) is 5.56 Å². The molecule has 4 rings (SSSR count). The molecule has 0 saturated heterocycles. The number of carbonyl (C=O) groups excluding carboxylic acids is 2. The summed E-state index contributed by atoms with van der Waals surface area (Å²) >= 11 is 0. The average Bonchev–Trinajstić information content (AvgIpc) is 3.10. The van der Waals surface area contributed by atoms with Crippen LogP contribution in [0.4, 0.5) is 5.69 Å². The lowest BCUT2D eigenvalue weighted by atomic mass is 9.84. The van der Waals surface area contributed by atoms with Crippen molar-refractivity contribution in [2.75, 3.05) is 18.1 Å². The second-order valence-corrected chi connectivity index (χ2v) is 6.94. The maximum absolute atomic E-state index is 13.1. The van der Waals surface area contributed by atoms with Crippen LogP contribution in [-0.2, 0) is 20.7 Å². The van der Waals surface area contributed by atoms with Crippen LogP contribution in [0.25, 0.3) is 0 Å². The molecule has 0 N–H and O–H groups in total. The summed E-state index contributed by atoms with van der Waals surface area (Å²) in [5, 5.41) is 0. The molecular formula is C23H23NO4. The summed E-state index contributed by atoms with van der Waals surface area (Å²) in [5.74, 6) is 0.116.